The molecular weight excluding hydrogens is 208 g/mol. The Balaban J connectivity index is 2.63. The summed E-state index contributed by atoms with van der Waals surface area (Å²) in [5.74, 6) is 1.11. The van der Waals surface area contributed by atoms with Crippen LogP contribution in [-0.4, -0.2) is 17.4 Å². The number of anilines is 1. The summed E-state index contributed by atoms with van der Waals surface area (Å²) < 4.78 is 10.0. The summed E-state index contributed by atoms with van der Waals surface area (Å²) in [6.07, 6.45) is 0. The van der Waals surface area contributed by atoms with Gasteiger partial charge in [-0.05, 0) is 18.6 Å². The van der Waals surface area contributed by atoms with Crippen LogP contribution in [0.1, 0.15) is 5.56 Å². The van der Waals surface area contributed by atoms with E-state index in [-0.39, 0.29) is 11.6 Å². The highest BCUT2D eigenvalue weighted by Gasteiger charge is 2.16. The fraction of sp³-hybridized carbons (Fsp3) is 0.182. The molecule has 2 rings (SSSR count). The summed E-state index contributed by atoms with van der Waals surface area (Å²) in [6, 6.07) is 5.07. The zero-order valence-corrected chi connectivity index (χ0v) is 9.02. The molecule has 3 N–H and O–H groups in total. The number of hydrogen-bond donors (Lipinski definition) is 2. The first kappa shape index (κ1) is 10.4. The van der Waals surface area contributed by atoms with Crippen molar-refractivity contribution in [1.29, 1.82) is 0 Å². The highest BCUT2D eigenvalue weighted by Crippen LogP contribution is 2.39. The number of nitrogens with two attached hydrogens (primary N) is 1. The van der Waals surface area contributed by atoms with Gasteiger partial charge in [-0.2, -0.15) is 0 Å². The molecule has 84 valence electrons. The summed E-state index contributed by atoms with van der Waals surface area (Å²) >= 11 is 0. The largest absolute Gasteiger partial charge is 0.504 e. The van der Waals surface area contributed by atoms with Gasteiger partial charge in [0.05, 0.1) is 12.7 Å². The monoisotopic (exact) mass is 220 g/mol. The number of rotatable bonds is 2. The molecule has 1 aromatic carbocycles. The normalized spacial score (nSPS) is 10.4. The molecule has 16 heavy (non-hydrogen) atoms. The van der Waals surface area contributed by atoms with Crippen LogP contribution in [0.3, 0.4) is 0 Å². The number of nitrogens with zero attached hydrogens (tertiary/aromatic N) is 1. The van der Waals surface area contributed by atoms with Crippen LogP contribution in [0, 0.1) is 6.92 Å². The average Bonchev–Trinajstić information content (AvgIpc) is 2.65. The second-order valence-corrected chi connectivity index (χ2v) is 3.42. The fourth-order valence-corrected chi connectivity index (χ4v) is 1.56. The number of aryl methyl sites for hydroxylation is 1. The van der Waals surface area contributed by atoms with Gasteiger partial charge in [0.1, 0.15) is 0 Å². The number of phenolic OH excluding ortho intramolecular Hbond substituents is 1. The maximum absolute atomic E-state index is 9.98. The van der Waals surface area contributed by atoms with Crippen LogP contribution in [0.4, 0.5) is 5.82 Å². The van der Waals surface area contributed by atoms with Crippen LogP contribution >= 0.6 is 0 Å². The average molecular weight is 220 g/mol. The van der Waals surface area contributed by atoms with Crippen molar-refractivity contribution < 1.29 is 14.4 Å². The number of ether oxygens (including phenoxy) is 1. The number of hydrogen-bond acceptors (Lipinski definition) is 5. The summed E-state index contributed by atoms with van der Waals surface area (Å²) in [5.41, 5.74) is 6.87. The van der Waals surface area contributed by atoms with Gasteiger partial charge in [-0.25, -0.2) is 0 Å². The van der Waals surface area contributed by atoms with E-state index in [1.165, 1.54) is 7.11 Å². The fourth-order valence-electron chi connectivity index (χ4n) is 1.56. The molecule has 0 spiro atoms. The number of phenols is 1. The molecule has 5 heteroatoms. The third-order valence-corrected chi connectivity index (χ3v) is 2.34. The molecule has 0 atom stereocenters. The minimum atomic E-state index is 0.0265. The highest BCUT2D eigenvalue weighted by atomic mass is 16.5. The molecule has 0 radical (unpaired) electrons. The second-order valence-electron chi connectivity index (χ2n) is 3.42. The van der Waals surface area contributed by atoms with Crippen molar-refractivity contribution in [3.05, 3.63) is 23.8 Å². The Morgan fingerprint density at radius 3 is 2.75 bits per heavy atom. The van der Waals surface area contributed by atoms with Crippen molar-refractivity contribution >= 4 is 5.82 Å². The Hall–Kier alpha value is -2.17. The zero-order valence-electron chi connectivity index (χ0n) is 9.02. The quantitative estimate of drug-likeness (QED) is 0.808. The van der Waals surface area contributed by atoms with E-state index in [2.05, 4.69) is 5.16 Å². The first-order valence-corrected chi connectivity index (χ1v) is 4.72. The standard InChI is InChI=1S/C11H12N2O3/c1-6-3-4-7(15-2)11(14)10(6)8-5-9(12)13-16-8/h3-5,14H,1-2H3,(H2,12,13). The predicted octanol–water partition coefficient (Wildman–Crippen LogP) is 1.95. The van der Waals surface area contributed by atoms with Crippen LogP contribution in [0.25, 0.3) is 11.3 Å². The molecular formula is C11H12N2O3. The molecule has 0 bridgehead atoms. The first-order chi connectivity index (χ1) is 7.63. The van der Waals surface area contributed by atoms with Gasteiger partial charge in [0.2, 0.25) is 0 Å². The highest BCUT2D eigenvalue weighted by molar-refractivity contribution is 5.74. The SMILES string of the molecule is COc1ccc(C)c(-c2cc(N)no2)c1O. The molecule has 0 aliphatic carbocycles. The van der Waals surface area contributed by atoms with E-state index in [0.717, 1.165) is 5.56 Å². The van der Waals surface area contributed by atoms with Crippen LogP contribution in [0.15, 0.2) is 22.7 Å². The van der Waals surface area contributed by atoms with Crippen LogP contribution in [0.5, 0.6) is 11.5 Å². The van der Waals surface area contributed by atoms with Crippen molar-refractivity contribution in [3.63, 3.8) is 0 Å². The van der Waals surface area contributed by atoms with E-state index in [9.17, 15) is 5.11 Å². The first-order valence-electron chi connectivity index (χ1n) is 4.72. The number of nitrogen functional groups attached to an aromatic ring is 1. The van der Waals surface area contributed by atoms with Gasteiger partial charge in [-0.15, -0.1) is 0 Å². The number of aromatic nitrogens is 1. The molecule has 2 aromatic rings. The number of benzene rings is 1. The van der Waals surface area contributed by atoms with Crippen molar-refractivity contribution in [2.45, 2.75) is 6.92 Å². The van der Waals surface area contributed by atoms with Gasteiger partial charge >= 0.3 is 0 Å². The smallest absolute Gasteiger partial charge is 0.173 e. The summed E-state index contributed by atoms with van der Waals surface area (Å²) in [6.45, 7) is 1.85. The molecule has 5 nitrogen and oxygen atoms in total. The van der Waals surface area contributed by atoms with Gasteiger partial charge in [0, 0.05) is 6.07 Å². The molecule has 0 amide bonds. The maximum Gasteiger partial charge on any atom is 0.173 e. The number of methoxy groups -OCH3 is 1. The van der Waals surface area contributed by atoms with Crippen molar-refractivity contribution in [2.24, 2.45) is 0 Å². The van der Waals surface area contributed by atoms with Crippen LogP contribution in [-0.2, 0) is 0 Å². The summed E-state index contributed by atoms with van der Waals surface area (Å²) in [4.78, 5) is 0. The zero-order chi connectivity index (χ0) is 11.7. The Morgan fingerprint density at radius 1 is 1.44 bits per heavy atom. The molecule has 0 saturated heterocycles. The van der Waals surface area contributed by atoms with Crippen molar-refractivity contribution in [1.82, 2.24) is 5.16 Å². The van der Waals surface area contributed by atoms with E-state index in [4.69, 9.17) is 15.0 Å². The second kappa shape index (κ2) is 3.77. The summed E-state index contributed by atoms with van der Waals surface area (Å²) in [7, 11) is 1.49. The van der Waals surface area contributed by atoms with Crippen LogP contribution in [0.2, 0.25) is 0 Å². The Kier molecular flexibility index (Phi) is 2.44. The van der Waals surface area contributed by atoms with Gasteiger partial charge in [-0.1, -0.05) is 11.2 Å². The molecule has 0 aliphatic heterocycles. The predicted molar refractivity (Wildman–Crippen MR) is 59.3 cm³/mol. The third-order valence-electron chi connectivity index (χ3n) is 2.34. The lowest BCUT2D eigenvalue weighted by molar-refractivity contribution is 0.371. The van der Waals surface area contributed by atoms with E-state index < -0.39 is 0 Å². The van der Waals surface area contributed by atoms with E-state index in [1.54, 1.807) is 12.1 Å². The molecule has 0 saturated carbocycles. The van der Waals surface area contributed by atoms with Crippen molar-refractivity contribution in [2.75, 3.05) is 12.8 Å². The molecule has 0 aliphatic rings. The van der Waals surface area contributed by atoms with Gasteiger partial charge < -0.3 is 20.1 Å². The lowest BCUT2D eigenvalue weighted by Gasteiger charge is -2.09. The van der Waals surface area contributed by atoms with E-state index in [1.807, 2.05) is 13.0 Å². The van der Waals surface area contributed by atoms with Gasteiger partial charge in [0.25, 0.3) is 0 Å². The minimum Gasteiger partial charge on any atom is -0.504 e. The molecule has 1 heterocycles. The van der Waals surface area contributed by atoms with E-state index >= 15 is 0 Å². The van der Waals surface area contributed by atoms with E-state index in [0.29, 0.717) is 17.1 Å². The van der Waals surface area contributed by atoms with Crippen LogP contribution < -0.4 is 10.5 Å². The van der Waals surface area contributed by atoms with Crippen molar-refractivity contribution in [3.8, 4) is 22.8 Å². The van der Waals surface area contributed by atoms with Gasteiger partial charge in [-0.3, -0.25) is 0 Å². The Labute approximate surface area is 92.4 Å². The summed E-state index contributed by atoms with van der Waals surface area (Å²) in [5, 5.41) is 13.6. The molecule has 0 fully saturated rings. The lowest BCUT2D eigenvalue weighted by Crippen LogP contribution is -1.88. The Bertz CT molecular complexity index is 520. The Morgan fingerprint density at radius 2 is 2.19 bits per heavy atom. The van der Waals surface area contributed by atoms with Gasteiger partial charge in [0.15, 0.2) is 23.1 Å². The topological polar surface area (TPSA) is 81.5 Å². The lowest BCUT2D eigenvalue weighted by atomic mass is 10.0. The minimum absolute atomic E-state index is 0.0265. The third kappa shape index (κ3) is 1.56. The molecule has 1 aromatic heterocycles. The molecule has 0 unspecified atom stereocenters. The maximum atomic E-state index is 9.98. The number of aromatic hydroxyl groups is 1.